The first kappa shape index (κ1) is 12.3. The van der Waals surface area contributed by atoms with Gasteiger partial charge in [0.15, 0.2) is 0 Å². The molecule has 2 heterocycles. The average molecular weight is 320 g/mol. The lowest BCUT2D eigenvalue weighted by Crippen LogP contribution is -2.05. The number of nitrogens with one attached hydrogen (secondary N) is 1. The van der Waals surface area contributed by atoms with E-state index in [1.54, 1.807) is 6.20 Å². The van der Waals surface area contributed by atoms with Crippen molar-refractivity contribution in [3.63, 3.8) is 0 Å². The Labute approximate surface area is 120 Å². The summed E-state index contributed by atoms with van der Waals surface area (Å²) in [5, 5.41) is 3.25. The van der Waals surface area contributed by atoms with Crippen LogP contribution in [0.4, 0.5) is 11.5 Å². The van der Waals surface area contributed by atoms with Crippen molar-refractivity contribution in [3.8, 4) is 5.75 Å². The van der Waals surface area contributed by atoms with E-state index < -0.39 is 0 Å². The highest BCUT2D eigenvalue weighted by molar-refractivity contribution is 9.10. The molecule has 1 aliphatic rings. The van der Waals surface area contributed by atoms with Gasteiger partial charge in [-0.25, -0.2) is 4.98 Å². The number of hydrogen-bond acceptors (Lipinski definition) is 4. The Bertz CT molecular complexity index is 616. The monoisotopic (exact) mass is 319 g/mol. The van der Waals surface area contributed by atoms with Gasteiger partial charge in [0, 0.05) is 29.2 Å². The molecule has 0 fully saturated rings. The molecule has 0 amide bonds. The van der Waals surface area contributed by atoms with Crippen molar-refractivity contribution in [2.45, 2.75) is 13.0 Å². The van der Waals surface area contributed by atoms with Crippen LogP contribution >= 0.6 is 15.9 Å². The SMILES string of the molecule is Nc1cccnc1NCc1cc(Br)cc2c1OCC2. The van der Waals surface area contributed by atoms with Gasteiger partial charge < -0.3 is 15.8 Å². The van der Waals surface area contributed by atoms with E-state index in [-0.39, 0.29) is 0 Å². The van der Waals surface area contributed by atoms with Crippen molar-refractivity contribution in [2.24, 2.45) is 0 Å². The fraction of sp³-hybridized carbons (Fsp3) is 0.214. The number of nitrogen functional groups attached to an aromatic ring is 1. The highest BCUT2D eigenvalue weighted by Crippen LogP contribution is 2.33. The smallest absolute Gasteiger partial charge is 0.149 e. The molecule has 3 N–H and O–H groups in total. The van der Waals surface area contributed by atoms with Crippen LogP contribution in [0.25, 0.3) is 0 Å². The molecule has 5 heteroatoms. The Hall–Kier alpha value is -1.75. The number of fused-ring (bicyclic) bond motifs is 1. The third-order valence-electron chi connectivity index (χ3n) is 3.11. The molecule has 19 heavy (non-hydrogen) atoms. The Morgan fingerprint density at radius 2 is 2.32 bits per heavy atom. The quantitative estimate of drug-likeness (QED) is 0.913. The Morgan fingerprint density at radius 3 is 3.16 bits per heavy atom. The molecule has 1 aromatic heterocycles. The summed E-state index contributed by atoms with van der Waals surface area (Å²) in [6.07, 6.45) is 2.69. The van der Waals surface area contributed by atoms with Gasteiger partial charge in [0.05, 0.1) is 12.3 Å². The lowest BCUT2D eigenvalue weighted by molar-refractivity contribution is 0.354. The van der Waals surface area contributed by atoms with Crippen LogP contribution in [0.3, 0.4) is 0 Å². The fourth-order valence-electron chi connectivity index (χ4n) is 2.22. The fourth-order valence-corrected chi connectivity index (χ4v) is 2.77. The maximum absolute atomic E-state index is 5.86. The number of pyridine rings is 1. The van der Waals surface area contributed by atoms with E-state index in [1.807, 2.05) is 12.1 Å². The number of aromatic nitrogens is 1. The number of anilines is 2. The molecule has 98 valence electrons. The molecular formula is C14H14BrN3O. The van der Waals surface area contributed by atoms with Gasteiger partial charge in [-0.05, 0) is 29.8 Å². The summed E-state index contributed by atoms with van der Waals surface area (Å²) in [6.45, 7) is 1.40. The van der Waals surface area contributed by atoms with Crippen LogP contribution in [0.15, 0.2) is 34.9 Å². The van der Waals surface area contributed by atoms with E-state index in [0.29, 0.717) is 18.1 Å². The normalized spacial score (nSPS) is 12.9. The average Bonchev–Trinajstić information content (AvgIpc) is 2.85. The molecule has 0 spiro atoms. The van der Waals surface area contributed by atoms with Crippen molar-refractivity contribution in [2.75, 3.05) is 17.7 Å². The van der Waals surface area contributed by atoms with Crippen LogP contribution in [-0.2, 0) is 13.0 Å². The third-order valence-corrected chi connectivity index (χ3v) is 3.57. The summed E-state index contributed by atoms with van der Waals surface area (Å²) >= 11 is 3.53. The maximum atomic E-state index is 5.86. The summed E-state index contributed by atoms with van der Waals surface area (Å²) in [5.41, 5.74) is 8.88. The van der Waals surface area contributed by atoms with Crippen molar-refractivity contribution >= 4 is 27.4 Å². The van der Waals surface area contributed by atoms with Gasteiger partial charge in [0.25, 0.3) is 0 Å². The molecule has 0 saturated heterocycles. The van der Waals surface area contributed by atoms with Gasteiger partial charge in [-0.15, -0.1) is 0 Å². The molecule has 0 bridgehead atoms. The second-order valence-electron chi connectivity index (χ2n) is 4.45. The summed E-state index contributed by atoms with van der Waals surface area (Å²) in [5.74, 6) is 1.69. The minimum Gasteiger partial charge on any atom is -0.493 e. The zero-order chi connectivity index (χ0) is 13.2. The van der Waals surface area contributed by atoms with E-state index >= 15 is 0 Å². The highest BCUT2D eigenvalue weighted by atomic mass is 79.9. The van der Waals surface area contributed by atoms with Crippen LogP contribution in [0, 0.1) is 0 Å². The standard InChI is InChI=1S/C14H14BrN3O/c15-11-6-9-3-5-19-13(9)10(7-11)8-18-14-12(16)2-1-4-17-14/h1-2,4,6-7H,3,5,8,16H2,(H,17,18). The van der Waals surface area contributed by atoms with Crippen LogP contribution in [-0.4, -0.2) is 11.6 Å². The molecule has 0 atom stereocenters. The number of nitrogens with two attached hydrogens (primary N) is 1. The third kappa shape index (κ3) is 2.51. The largest absolute Gasteiger partial charge is 0.493 e. The zero-order valence-electron chi connectivity index (χ0n) is 10.3. The summed E-state index contributed by atoms with van der Waals surface area (Å²) in [6, 6.07) is 7.83. The minimum absolute atomic E-state index is 0.642. The number of ether oxygens (including phenoxy) is 1. The maximum Gasteiger partial charge on any atom is 0.149 e. The van der Waals surface area contributed by atoms with Crippen LogP contribution in [0.5, 0.6) is 5.75 Å². The van der Waals surface area contributed by atoms with Crippen molar-refractivity contribution < 1.29 is 4.74 Å². The van der Waals surface area contributed by atoms with Gasteiger partial charge >= 0.3 is 0 Å². The van der Waals surface area contributed by atoms with E-state index in [4.69, 9.17) is 10.5 Å². The van der Waals surface area contributed by atoms with Crippen LogP contribution < -0.4 is 15.8 Å². The molecule has 0 radical (unpaired) electrons. The molecule has 1 aliphatic heterocycles. The molecule has 0 unspecified atom stereocenters. The van der Waals surface area contributed by atoms with E-state index in [1.165, 1.54) is 5.56 Å². The van der Waals surface area contributed by atoms with E-state index in [9.17, 15) is 0 Å². The van der Waals surface area contributed by atoms with Gasteiger partial charge in [-0.3, -0.25) is 0 Å². The number of rotatable bonds is 3. The first-order chi connectivity index (χ1) is 9.24. The van der Waals surface area contributed by atoms with Crippen molar-refractivity contribution in [3.05, 3.63) is 46.1 Å². The summed E-state index contributed by atoms with van der Waals surface area (Å²) in [4.78, 5) is 4.22. The minimum atomic E-state index is 0.642. The zero-order valence-corrected chi connectivity index (χ0v) is 11.9. The second kappa shape index (κ2) is 5.09. The lowest BCUT2D eigenvalue weighted by atomic mass is 10.1. The van der Waals surface area contributed by atoms with Crippen molar-refractivity contribution in [1.82, 2.24) is 4.98 Å². The van der Waals surface area contributed by atoms with E-state index in [0.717, 1.165) is 28.8 Å². The molecule has 2 aromatic rings. The first-order valence-corrected chi connectivity index (χ1v) is 6.92. The van der Waals surface area contributed by atoms with Gasteiger partial charge in [-0.2, -0.15) is 0 Å². The topological polar surface area (TPSA) is 60.2 Å². The Kier molecular flexibility index (Phi) is 3.29. The Balaban J connectivity index is 1.83. The Morgan fingerprint density at radius 1 is 1.42 bits per heavy atom. The number of benzene rings is 1. The predicted molar refractivity (Wildman–Crippen MR) is 79.3 cm³/mol. The van der Waals surface area contributed by atoms with Crippen LogP contribution in [0.2, 0.25) is 0 Å². The second-order valence-corrected chi connectivity index (χ2v) is 5.36. The number of nitrogens with zero attached hydrogens (tertiary/aromatic N) is 1. The van der Waals surface area contributed by atoms with Crippen molar-refractivity contribution in [1.29, 1.82) is 0 Å². The van der Waals surface area contributed by atoms with Gasteiger partial charge in [0.2, 0.25) is 0 Å². The molecular weight excluding hydrogens is 306 g/mol. The van der Waals surface area contributed by atoms with Gasteiger partial charge in [-0.1, -0.05) is 15.9 Å². The van der Waals surface area contributed by atoms with Gasteiger partial charge in [0.1, 0.15) is 11.6 Å². The molecule has 3 rings (SSSR count). The summed E-state index contributed by atoms with van der Waals surface area (Å²) in [7, 11) is 0. The molecule has 0 saturated carbocycles. The number of hydrogen-bond donors (Lipinski definition) is 2. The number of halogens is 1. The first-order valence-electron chi connectivity index (χ1n) is 6.12. The van der Waals surface area contributed by atoms with Crippen LogP contribution in [0.1, 0.15) is 11.1 Å². The van der Waals surface area contributed by atoms with E-state index in [2.05, 4.69) is 38.4 Å². The predicted octanol–water partition coefficient (Wildman–Crippen LogP) is 2.97. The molecule has 0 aliphatic carbocycles. The lowest BCUT2D eigenvalue weighted by Gasteiger charge is -2.11. The molecule has 4 nitrogen and oxygen atoms in total. The molecule has 1 aromatic carbocycles. The summed E-state index contributed by atoms with van der Waals surface area (Å²) < 4.78 is 6.76. The highest BCUT2D eigenvalue weighted by Gasteiger charge is 2.17.